The maximum atomic E-state index is 10.5. The first-order chi connectivity index (χ1) is 10.0. The number of aliphatic hydroxyl groups excluding tert-OH is 1. The van der Waals surface area contributed by atoms with Crippen LogP contribution < -0.4 is 4.90 Å². The van der Waals surface area contributed by atoms with E-state index in [0.29, 0.717) is 6.54 Å². The van der Waals surface area contributed by atoms with Crippen LogP contribution in [-0.2, 0) is 0 Å². The number of aryl methyl sites for hydroxylation is 3. The van der Waals surface area contributed by atoms with E-state index < -0.39 is 6.10 Å². The summed E-state index contributed by atoms with van der Waals surface area (Å²) in [6.45, 7) is 9.88. The van der Waals surface area contributed by atoms with E-state index in [4.69, 9.17) is 0 Å². The monoisotopic (exact) mass is 283 g/mol. The van der Waals surface area contributed by atoms with Gasteiger partial charge in [0.1, 0.15) is 0 Å². The van der Waals surface area contributed by atoms with Crippen molar-refractivity contribution in [2.75, 3.05) is 18.0 Å². The highest BCUT2D eigenvalue weighted by Crippen LogP contribution is 2.22. The molecular formula is C19H25NO. The zero-order valence-electron chi connectivity index (χ0n) is 13.4. The molecule has 0 saturated carbocycles. The summed E-state index contributed by atoms with van der Waals surface area (Å²) in [5.74, 6) is 0. The average molecular weight is 283 g/mol. The number of rotatable bonds is 5. The van der Waals surface area contributed by atoms with Gasteiger partial charge in [-0.15, -0.1) is 0 Å². The van der Waals surface area contributed by atoms with Crippen LogP contribution in [0.5, 0.6) is 0 Å². The normalized spacial score (nSPS) is 12.2. The number of benzene rings is 2. The van der Waals surface area contributed by atoms with Crippen LogP contribution in [0.3, 0.4) is 0 Å². The van der Waals surface area contributed by atoms with E-state index >= 15 is 0 Å². The summed E-state index contributed by atoms with van der Waals surface area (Å²) in [5.41, 5.74) is 5.89. The highest BCUT2D eigenvalue weighted by atomic mass is 16.3. The maximum Gasteiger partial charge on any atom is 0.0964 e. The van der Waals surface area contributed by atoms with Crippen molar-refractivity contribution >= 4 is 5.69 Å². The van der Waals surface area contributed by atoms with Crippen molar-refractivity contribution in [3.8, 4) is 0 Å². The van der Waals surface area contributed by atoms with Gasteiger partial charge in [0.15, 0.2) is 0 Å². The zero-order chi connectivity index (χ0) is 15.4. The molecule has 0 saturated heterocycles. The third kappa shape index (κ3) is 3.85. The van der Waals surface area contributed by atoms with Crippen LogP contribution in [0.15, 0.2) is 42.5 Å². The van der Waals surface area contributed by atoms with Crippen molar-refractivity contribution in [2.24, 2.45) is 0 Å². The molecule has 2 nitrogen and oxygen atoms in total. The predicted octanol–water partition coefficient (Wildman–Crippen LogP) is 4.17. The molecule has 0 aliphatic heterocycles. The van der Waals surface area contributed by atoms with E-state index in [9.17, 15) is 5.11 Å². The Morgan fingerprint density at radius 2 is 1.62 bits per heavy atom. The first-order valence-corrected chi connectivity index (χ1v) is 7.58. The van der Waals surface area contributed by atoms with Crippen LogP contribution in [0.25, 0.3) is 0 Å². The minimum absolute atomic E-state index is 0.467. The Morgan fingerprint density at radius 3 is 2.19 bits per heavy atom. The van der Waals surface area contributed by atoms with E-state index in [1.165, 1.54) is 16.7 Å². The van der Waals surface area contributed by atoms with Crippen molar-refractivity contribution in [2.45, 2.75) is 33.8 Å². The van der Waals surface area contributed by atoms with E-state index in [1.807, 2.05) is 6.07 Å². The quantitative estimate of drug-likeness (QED) is 0.890. The van der Waals surface area contributed by atoms with E-state index in [2.05, 4.69) is 69.0 Å². The lowest BCUT2D eigenvalue weighted by molar-refractivity contribution is 0.183. The first-order valence-electron chi connectivity index (χ1n) is 7.58. The van der Waals surface area contributed by atoms with Crippen LogP contribution in [0.4, 0.5) is 5.69 Å². The summed E-state index contributed by atoms with van der Waals surface area (Å²) in [4.78, 5) is 2.21. The third-order valence-electron chi connectivity index (χ3n) is 4.09. The summed E-state index contributed by atoms with van der Waals surface area (Å²) in [6, 6.07) is 14.6. The van der Waals surface area contributed by atoms with Crippen LogP contribution in [0.2, 0.25) is 0 Å². The van der Waals surface area contributed by atoms with Gasteiger partial charge in [0.05, 0.1) is 6.10 Å². The Bertz CT molecular complexity index is 589. The van der Waals surface area contributed by atoms with Gasteiger partial charge in [-0.25, -0.2) is 0 Å². The van der Waals surface area contributed by atoms with E-state index in [1.54, 1.807) is 0 Å². The second kappa shape index (κ2) is 6.77. The zero-order valence-corrected chi connectivity index (χ0v) is 13.4. The molecule has 0 fully saturated rings. The Kier molecular flexibility index (Phi) is 5.03. The van der Waals surface area contributed by atoms with Gasteiger partial charge in [0.2, 0.25) is 0 Å². The highest BCUT2D eigenvalue weighted by Gasteiger charge is 2.13. The molecule has 0 heterocycles. The molecule has 1 atom stereocenters. The van der Waals surface area contributed by atoms with Gasteiger partial charge in [-0.2, -0.15) is 0 Å². The number of anilines is 1. The van der Waals surface area contributed by atoms with Crippen molar-refractivity contribution in [3.05, 3.63) is 64.7 Å². The number of aliphatic hydroxyl groups is 1. The molecule has 2 rings (SSSR count). The molecule has 0 amide bonds. The lowest BCUT2D eigenvalue weighted by Gasteiger charge is -2.26. The van der Waals surface area contributed by atoms with Gasteiger partial charge in [0, 0.05) is 18.8 Å². The molecule has 0 aromatic heterocycles. The summed E-state index contributed by atoms with van der Waals surface area (Å²) >= 11 is 0. The molecule has 2 aromatic carbocycles. The molecule has 0 aliphatic rings. The third-order valence-corrected chi connectivity index (χ3v) is 4.09. The van der Waals surface area contributed by atoms with Crippen LogP contribution in [-0.4, -0.2) is 18.2 Å². The smallest absolute Gasteiger partial charge is 0.0964 e. The standard InChI is InChI=1S/C19H25NO/c1-5-20(18-10-6-14(2)7-11-18)13-19(21)17-9-8-15(3)16(4)12-17/h6-12,19,21H,5,13H2,1-4H3. The lowest BCUT2D eigenvalue weighted by atomic mass is 10.0. The van der Waals surface area contributed by atoms with E-state index in [0.717, 1.165) is 17.8 Å². The fraction of sp³-hybridized carbons (Fsp3) is 0.368. The number of nitrogens with zero attached hydrogens (tertiary/aromatic N) is 1. The topological polar surface area (TPSA) is 23.5 Å². The Labute approximate surface area is 128 Å². The van der Waals surface area contributed by atoms with Crippen molar-refractivity contribution in [1.82, 2.24) is 0 Å². The van der Waals surface area contributed by atoms with Crippen molar-refractivity contribution in [3.63, 3.8) is 0 Å². The first kappa shape index (κ1) is 15.6. The fourth-order valence-electron chi connectivity index (χ4n) is 2.46. The second-order valence-corrected chi connectivity index (χ2v) is 5.73. The minimum Gasteiger partial charge on any atom is -0.387 e. The Hall–Kier alpha value is -1.80. The van der Waals surface area contributed by atoms with Gasteiger partial charge in [-0.3, -0.25) is 0 Å². The van der Waals surface area contributed by atoms with Crippen molar-refractivity contribution < 1.29 is 5.11 Å². The molecular weight excluding hydrogens is 258 g/mol. The van der Waals surface area contributed by atoms with Crippen LogP contribution in [0.1, 0.15) is 35.3 Å². The summed E-state index contributed by atoms with van der Waals surface area (Å²) in [5, 5.41) is 10.5. The number of likely N-dealkylation sites (N-methyl/N-ethyl adjacent to an activating group) is 1. The highest BCUT2D eigenvalue weighted by molar-refractivity contribution is 5.48. The summed E-state index contributed by atoms with van der Waals surface area (Å²) in [7, 11) is 0. The van der Waals surface area contributed by atoms with Gasteiger partial charge in [-0.1, -0.05) is 35.9 Å². The molecule has 2 heteroatoms. The molecule has 0 radical (unpaired) electrons. The molecule has 0 aliphatic carbocycles. The Balaban J connectivity index is 2.13. The summed E-state index contributed by atoms with van der Waals surface area (Å²) in [6.07, 6.45) is -0.467. The molecule has 0 spiro atoms. The summed E-state index contributed by atoms with van der Waals surface area (Å²) < 4.78 is 0. The minimum atomic E-state index is -0.467. The number of hydrogen-bond acceptors (Lipinski definition) is 2. The SMILES string of the molecule is CCN(CC(O)c1ccc(C)c(C)c1)c1ccc(C)cc1. The largest absolute Gasteiger partial charge is 0.387 e. The molecule has 0 bridgehead atoms. The van der Waals surface area contributed by atoms with Gasteiger partial charge >= 0.3 is 0 Å². The average Bonchev–Trinajstić information content (AvgIpc) is 2.48. The van der Waals surface area contributed by atoms with Gasteiger partial charge in [-0.05, 0) is 56.5 Å². The molecule has 1 N–H and O–H groups in total. The molecule has 112 valence electrons. The van der Waals surface area contributed by atoms with Gasteiger partial charge < -0.3 is 10.0 Å². The second-order valence-electron chi connectivity index (χ2n) is 5.73. The van der Waals surface area contributed by atoms with Crippen LogP contribution in [0, 0.1) is 20.8 Å². The van der Waals surface area contributed by atoms with Gasteiger partial charge in [0.25, 0.3) is 0 Å². The Morgan fingerprint density at radius 1 is 0.952 bits per heavy atom. The maximum absolute atomic E-state index is 10.5. The lowest BCUT2D eigenvalue weighted by Crippen LogP contribution is -2.28. The molecule has 2 aromatic rings. The molecule has 1 unspecified atom stereocenters. The van der Waals surface area contributed by atoms with Crippen molar-refractivity contribution in [1.29, 1.82) is 0 Å². The fourth-order valence-corrected chi connectivity index (χ4v) is 2.46. The number of hydrogen-bond donors (Lipinski definition) is 1. The predicted molar refractivity (Wildman–Crippen MR) is 89.9 cm³/mol. The van der Waals surface area contributed by atoms with Crippen LogP contribution >= 0.6 is 0 Å². The molecule has 21 heavy (non-hydrogen) atoms. The van der Waals surface area contributed by atoms with E-state index in [-0.39, 0.29) is 0 Å².